The molecule has 6 heteroatoms. The van der Waals surface area contributed by atoms with E-state index in [9.17, 15) is 4.79 Å². The smallest absolute Gasteiger partial charge is 0.261 e. The van der Waals surface area contributed by atoms with E-state index in [-0.39, 0.29) is 5.56 Å². The molecule has 3 rings (SSSR count). The molecular formula is C12H9ClN4O. The highest BCUT2D eigenvalue weighted by Gasteiger charge is 2.10. The molecule has 2 heterocycles. The van der Waals surface area contributed by atoms with Gasteiger partial charge in [-0.15, -0.1) is 0 Å². The third-order valence-electron chi connectivity index (χ3n) is 2.77. The van der Waals surface area contributed by atoms with Crippen LogP contribution in [0.15, 0.2) is 35.5 Å². The molecule has 1 aromatic carbocycles. The van der Waals surface area contributed by atoms with Gasteiger partial charge in [-0.2, -0.15) is 5.10 Å². The number of rotatable bonds is 1. The first kappa shape index (κ1) is 11.0. The van der Waals surface area contributed by atoms with Gasteiger partial charge in [0.05, 0.1) is 18.2 Å². The highest BCUT2D eigenvalue weighted by Crippen LogP contribution is 2.21. The largest absolute Gasteiger partial charge is 0.312 e. The molecule has 0 saturated heterocycles. The predicted octanol–water partition coefficient (Wildman–Crippen LogP) is 2.07. The van der Waals surface area contributed by atoms with Gasteiger partial charge in [-0.25, -0.2) is 9.67 Å². The second kappa shape index (κ2) is 3.96. The number of aromatic nitrogens is 4. The molecule has 0 aliphatic rings. The maximum Gasteiger partial charge on any atom is 0.261 e. The van der Waals surface area contributed by atoms with Crippen LogP contribution in [0.2, 0.25) is 5.02 Å². The van der Waals surface area contributed by atoms with Crippen molar-refractivity contribution in [2.45, 2.75) is 6.92 Å². The number of hydrogen-bond donors (Lipinski definition) is 1. The quantitative estimate of drug-likeness (QED) is 0.728. The molecule has 3 aromatic rings. The average molecular weight is 261 g/mol. The van der Waals surface area contributed by atoms with E-state index in [1.165, 1.54) is 12.5 Å². The number of benzene rings is 1. The van der Waals surface area contributed by atoms with Crippen molar-refractivity contribution in [2.75, 3.05) is 0 Å². The third kappa shape index (κ3) is 1.60. The van der Waals surface area contributed by atoms with Crippen molar-refractivity contribution < 1.29 is 0 Å². The number of fused-ring (bicyclic) bond motifs is 1. The SMILES string of the molecule is Cc1ccc(Cl)cc1-n1ncc2c(=O)[nH]cnc21. The van der Waals surface area contributed by atoms with Crippen molar-refractivity contribution in [1.29, 1.82) is 0 Å². The molecule has 0 saturated carbocycles. The second-order valence-electron chi connectivity index (χ2n) is 3.96. The first-order valence-corrected chi connectivity index (χ1v) is 5.72. The fourth-order valence-corrected chi connectivity index (χ4v) is 2.01. The summed E-state index contributed by atoms with van der Waals surface area (Å²) in [6.45, 7) is 1.95. The van der Waals surface area contributed by atoms with E-state index in [4.69, 9.17) is 11.6 Å². The molecule has 5 nitrogen and oxygen atoms in total. The molecule has 0 bridgehead atoms. The molecule has 2 aromatic heterocycles. The lowest BCUT2D eigenvalue weighted by atomic mass is 10.2. The monoisotopic (exact) mass is 260 g/mol. The fourth-order valence-electron chi connectivity index (χ4n) is 1.84. The Bertz CT molecular complexity index is 790. The maximum atomic E-state index is 11.6. The molecule has 0 aliphatic heterocycles. The van der Waals surface area contributed by atoms with Crippen LogP contribution in [0.3, 0.4) is 0 Å². The van der Waals surface area contributed by atoms with E-state index >= 15 is 0 Å². The first-order valence-electron chi connectivity index (χ1n) is 5.35. The summed E-state index contributed by atoms with van der Waals surface area (Å²) >= 11 is 5.99. The normalized spacial score (nSPS) is 11.0. The topological polar surface area (TPSA) is 63.6 Å². The summed E-state index contributed by atoms with van der Waals surface area (Å²) in [5.41, 5.74) is 2.14. The number of H-pyrrole nitrogens is 1. The molecule has 0 unspecified atom stereocenters. The Labute approximate surface area is 107 Å². The van der Waals surface area contributed by atoms with Crippen molar-refractivity contribution >= 4 is 22.6 Å². The van der Waals surface area contributed by atoms with E-state index in [1.54, 1.807) is 10.7 Å². The molecule has 90 valence electrons. The average Bonchev–Trinajstić information content (AvgIpc) is 2.77. The summed E-state index contributed by atoms with van der Waals surface area (Å²) < 4.78 is 1.62. The van der Waals surface area contributed by atoms with E-state index < -0.39 is 0 Å². The van der Waals surface area contributed by atoms with Gasteiger partial charge in [0.25, 0.3) is 5.56 Å². The van der Waals surface area contributed by atoms with Gasteiger partial charge in [0.15, 0.2) is 5.65 Å². The van der Waals surface area contributed by atoms with Crippen LogP contribution in [-0.4, -0.2) is 19.7 Å². The predicted molar refractivity (Wildman–Crippen MR) is 69.2 cm³/mol. The minimum Gasteiger partial charge on any atom is -0.312 e. The molecule has 0 aliphatic carbocycles. The summed E-state index contributed by atoms with van der Waals surface area (Å²) in [4.78, 5) is 18.3. The van der Waals surface area contributed by atoms with E-state index in [0.29, 0.717) is 16.1 Å². The summed E-state index contributed by atoms with van der Waals surface area (Å²) in [5.74, 6) is 0. The summed E-state index contributed by atoms with van der Waals surface area (Å²) in [5, 5.41) is 5.27. The molecule has 1 N–H and O–H groups in total. The number of nitrogens with one attached hydrogen (secondary N) is 1. The van der Waals surface area contributed by atoms with Gasteiger partial charge >= 0.3 is 0 Å². The van der Waals surface area contributed by atoms with Crippen LogP contribution in [0.1, 0.15) is 5.56 Å². The Balaban J connectivity index is 2.36. The van der Waals surface area contributed by atoms with E-state index in [1.807, 2.05) is 19.1 Å². The molecule has 0 amide bonds. The molecule has 0 spiro atoms. The first-order chi connectivity index (χ1) is 8.66. The van der Waals surface area contributed by atoms with Gasteiger partial charge < -0.3 is 4.98 Å². The lowest BCUT2D eigenvalue weighted by Gasteiger charge is -2.06. The van der Waals surface area contributed by atoms with Crippen LogP contribution in [-0.2, 0) is 0 Å². The number of aryl methyl sites for hydroxylation is 1. The second-order valence-corrected chi connectivity index (χ2v) is 4.39. The Morgan fingerprint density at radius 3 is 3.06 bits per heavy atom. The van der Waals surface area contributed by atoms with Crippen molar-refractivity contribution in [1.82, 2.24) is 19.7 Å². The maximum absolute atomic E-state index is 11.6. The Morgan fingerprint density at radius 2 is 2.22 bits per heavy atom. The van der Waals surface area contributed by atoms with Crippen LogP contribution in [0.4, 0.5) is 0 Å². The van der Waals surface area contributed by atoms with Crippen LogP contribution in [0, 0.1) is 6.92 Å². The molecule has 0 fully saturated rings. The van der Waals surface area contributed by atoms with Gasteiger partial charge in [0.1, 0.15) is 5.39 Å². The minimum absolute atomic E-state index is 0.203. The zero-order valence-electron chi connectivity index (χ0n) is 9.51. The summed E-state index contributed by atoms with van der Waals surface area (Å²) in [6.07, 6.45) is 2.87. The van der Waals surface area contributed by atoms with Crippen molar-refractivity contribution in [3.8, 4) is 5.69 Å². The highest BCUT2D eigenvalue weighted by molar-refractivity contribution is 6.30. The number of nitrogens with zero attached hydrogens (tertiary/aromatic N) is 3. The van der Waals surface area contributed by atoms with Gasteiger partial charge in [-0.1, -0.05) is 17.7 Å². The summed E-state index contributed by atoms with van der Waals surface area (Å²) in [7, 11) is 0. The van der Waals surface area contributed by atoms with Crippen LogP contribution in [0.25, 0.3) is 16.7 Å². The van der Waals surface area contributed by atoms with Gasteiger partial charge in [-0.3, -0.25) is 4.79 Å². The van der Waals surface area contributed by atoms with Gasteiger partial charge in [0, 0.05) is 5.02 Å². The lowest BCUT2D eigenvalue weighted by molar-refractivity contribution is 0.887. The Hall–Kier alpha value is -2.14. The molecule has 0 radical (unpaired) electrons. The lowest BCUT2D eigenvalue weighted by Crippen LogP contribution is -2.07. The van der Waals surface area contributed by atoms with Crippen LogP contribution < -0.4 is 5.56 Å². The van der Waals surface area contributed by atoms with Crippen LogP contribution >= 0.6 is 11.6 Å². The van der Waals surface area contributed by atoms with Crippen molar-refractivity contribution in [3.63, 3.8) is 0 Å². The standard InChI is InChI=1S/C12H9ClN4O/c1-7-2-3-8(13)4-10(7)17-11-9(5-16-17)12(18)15-6-14-11/h2-6H,1H3,(H,14,15,18). The number of aromatic amines is 1. The third-order valence-corrected chi connectivity index (χ3v) is 3.01. The Morgan fingerprint density at radius 1 is 1.39 bits per heavy atom. The van der Waals surface area contributed by atoms with Gasteiger partial charge in [-0.05, 0) is 24.6 Å². The van der Waals surface area contributed by atoms with Crippen LogP contribution in [0.5, 0.6) is 0 Å². The zero-order valence-corrected chi connectivity index (χ0v) is 10.3. The summed E-state index contributed by atoms with van der Waals surface area (Å²) in [6, 6.07) is 5.51. The van der Waals surface area contributed by atoms with Crippen molar-refractivity contribution in [2.24, 2.45) is 0 Å². The van der Waals surface area contributed by atoms with E-state index in [2.05, 4.69) is 15.1 Å². The number of halogens is 1. The minimum atomic E-state index is -0.203. The van der Waals surface area contributed by atoms with Crippen molar-refractivity contribution in [3.05, 3.63) is 51.7 Å². The molecular weight excluding hydrogens is 252 g/mol. The zero-order chi connectivity index (χ0) is 12.7. The highest BCUT2D eigenvalue weighted by atomic mass is 35.5. The van der Waals surface area contributed by atoms with E-state index in [0.717, 1.165) is 11.3 Å². The Kier molecular flexibility index (Phi) is 2.41. The molecule has 18 heavy (non-hydrogen) atoms. The van der Waals surface area contributed by atoms with Gasteiger partial charge in [0.2, 0.25) is 0 Å². The molecule has 0 atom stereocenters. The fraction of sp³-hybridized carbons (Fsp3) is 0.0833. The number of hydrogen-bond acceptors (Lipinski definition) is 3.